The van der Waals surface area contributed by atoms with Crippen molar-refractivity contribution in [3.8, 4) is 0 Å². The van der Waals surface area contributed by atoms with Gasteiger partial charge in [0.25, 0.3) is 0 Å². The number of nitrogens with zero attached hydrogens (tertiary/aromatic N) is 2. The van der Waals surface area contributed by atoms with Crippen molar-refractivity contribution in [2.75, 3.05) is 14.1 Å². The van der Waals surface area contributed by atoms with Gasteiger partial charge < -0.3 is 5.43 Å². The fourth-order valence-corrected chi connectivity index (χ4v) is 0.224. The van der Waals surface area contributed by atoms with Gasteiger partial charge in [-0.3, -0.25) is 4.99 Å². The van der Waals surface area contributed by atoms with Gasteiger partial charge in [0.15, 0.2) is 0 Å². The largest absolute Gasteiger partial charge is 0.313 e. The topological polar surface area (TPSA) is 36.8 Å². The summed E-state index contributed by atoms with van der Waals surface area (Å²) in [6, 6.07) is 0. The van der Waals surface area contributed by atoms with E-state index in [9.17, 15) is 0 Å². The Hall–Kier alpha value is -0.860. The van der Waals surface area contributed by atoms with Crippen molar-refractivity contribution in [3.05, 3.63) is 0 Å². The molecule has 3 nitrogen and oxygen atoms in total. The maximum atomic E-state index is 3.81. The van der Waals surface area contributed by atoms with Crippen LogP contribution >= 0.6 is 0 Å². The molecule has 0 rings (SSSR count). The van der Waals surface area contributed by atoms with Crippen molar-refractivity contribution in [1.29, 1.82) is 0 Å². The fourth-order valence-electron chi connectivity index (χ4n) is 0.224. The molecule has 0 saturated heterocycles. The van der Waals surface area contributed by atoms with Crippen LogP contribution in [0, 0.1) is 0 Å². The molecule has 0 spiro atoms. The lowest BCUT2D eigenvalue weighted by molar-refractivity contribution is 0.898. The van der Waals surface area contributed by atoms with E-state index < -0.39 is 0 Å². The number of hydrazone groups is 1. The van der Waals surface area contributed by atoms with Crippen LogP contribution in [0.1, 0.15) is 27.7 Å². The van der Waals surface area contributed by atoms with E-state index in [2.05, 4.69) is 15.5 Å². The highest BCUT2D eigenvalue weighted by Gasteiger charge is 1.67. The van der Waals surface area contributed by atoms with Crippen molar-refractivity contribution in [3.63, 3.8) is 0 Å². The Labute approximate surface area is 69.6 Å². The highest BCUT2D eigenvalue weighted by Crippen LogP contribution is 1.64. The molecule has 66 valence electrons. The van der Waals surface area contributed by atoms with Crippen molar-refractivity contribution in [2.24, 2.45) is 10.1 Å². The van der Waals surface area contributed by atoms with Gasteiger partial charge in [-0.1, -0.05) is 0 Å². The zero-order chi connectivity index (χ0) is 9.28. The third-order valence-corrected chi connectivity index (χ3v) is 0.783. The molecule has 0 aliphatic rings. The van der Waals surface area contributed by atoms with Gasteiger partial charge in [0.1, 0.15) is 0 Å². The summed E-state index contributed by atoms with van der Waals surface area (Å²) in [7, 11) is 3.57. The van der Waals surface area contributed by atoms with Crippen LogP contribution in [0.3, 0.4) is 0 Å². The summed E-state index contributed by atoms with van der Waals surface area (Å²) < 4.78 is 0. The average Bonchev–Trinajstić information content (AvgIpc) is 1.89. The quantitative estimate of drug-likeness (QED) is 0.456. The second kappa shape index (κ2) is 9.14. The lowest BCUT2D eigenvalue weighted by Gasteiger charge is -1.84. The number of rotatable bonds is 1. The van der Waals surface area contributed by atoms with Crippen LogP contribution < -0.4 is 5.43 Å². The first kappa shape index (κ1) is 12.8. The standard InChI is InChI=1S/C4H10N2.C4H9N/c1-4(2)6-5-3;1-4(2)5-3/h5H,1-3H3;1-3H3. The minimum absolute atomic E-state index is 1.05. The molecule has 0 aromatic carbocycles. The Morgan fingerprint density at radius 1 is 1.00 bits per heavy atom. The Morgan fingerprint density at radius 3 is 1.36 bits per heavy atom. The SMILES string of the molecule is CN=C(C)C.CNN=C(C)C. The monoisotopic (exact) mass is 157 g/mol. The summed E-state index contributed by atoms with van der Waals surface area (Å²) in [5.74, 6) is 0. The Bertz CT molecular complexity index is 128. The van der Waals surface area contributed by atoms with E-state index >= 15 is 0 Å². The first-order valence-electron chi connectivity index (χ1n) is 3.62. The molecule has 0 fully saturated rings. The third kappa shape index (κ3) is 27.2. The van der Waals surface area contributed by atoms with E-state index in [1.807, 2.05) is 27.7 Å². The van der Waals surface area contributed by atoms with Crippen LogP contribution in [0.5, 0.6) is 0 Å². The summed E-state index contributed by atoms with van der Waals surface area (Å²) >= 11 is 0. The van der Waals surface area contributed by atoms with Crippen LogP contribution in [0.2, 0.25) is 0 Å². The first-order chi connectivity index (χ1) is 5.04. The van der Waals surface area contributed by atoms with Gasteiger partial charge in [0.2, 0.25) is 0 Å². The van der Waals surface area contributed by atoms with E-state index in [0.717, 1.165) is 11.4 Å². The number of nitrogens with one attached hydrogen (secondary N) is 1. The van der Waals surface area contributed by atoms with E-state index in [-0.39, 0.29) is 0 Å². The van der Waals surface area contributed by atoms with Gasteiger partial charge in [-0.2, -0.15) is 5.10 Å². The Kier molecular flexibility index (Phi) is 10.6. The minimum Gasteiger partial charge on any atom is -0.313 e. The normalized spacial score (nSPS) is 7.09. The van der Waals surface area contributed by atoms with E-state index in [1.165, 1.54) is 0 Å². The highest BCUT2D eigenvalue weighted by molar-refractivity contribution is 5.79. The molecule has 0 aliphatic carbocycles. The maximum absolute atomic E-state index is 3.81. The molecule has 0 aromatic rings. The van der Waals surface area contributed by atoms with Gasteiger partial charge in [-0.05, 0) is 27.7 Å². The average molecular weight is 157 g/mol. The molecule has 1 N–H and O–H groups in total. The van der Waals surface area contributed by atoms with Crippen LogP contribution in [0.15, 0.2) is 10.1 Å². The molecule has 0 saturated carbocycles. The molecule has 0 heterocycles. The lowest BCUT2D eigenvalue weighted by atomic mass is 10.5. The zero-order valence-electron chi connectivity index (χ0n) is 8.39. The Balaban J connectivity index is 0. The molecule has 0 atom stereocenters. The van der Waals surface area contributed by atoms with Crippen molar-refractivity contribution >= 4 is 11.4 Å². The van der Waals surface area contributed by atoms with Gasteiger partial charge in [-0.25, -0.2) is 0 Å². The van der Waals surface area contributed by atoms with E-state index in [4.69, 9.17) is 0 Å². The zero-order valence-corrected chi connectivity index (χ0v) is 8.39. The van der Waals surface area contributed by atoms with Crippen LogP contribution in [0.4, 0.5) is 0 Å². The van der Waals surface area contributed by atoms with E-state index in [1.54, 1.807) is 14.1 Å². The number of hydrogen-bond acceptors (Lipinski definition) is 3. The lowest BCUT2D eigenvalue weighted by Crippen LogP contribution is -1.96. The van der Waals surface area contributed by atoms with Crippen LogP contribution in [-0.4, -0.2) is 25.5 Å². The third-order valence-electron chi connectivity index (χ3n) is 0.783. The molecular formula is C8H19N3. The molecule has 3 heteroatoms. The second-order valence-corrected chi connectivity index (χ2v) is 2.45. The van der Waals surface area contributed by atoms with Gasteiger partial charge in [0.05, 0.1) is 0 Å². The predicted molar refractivity (Wildman–Crippen MR) is 52.5 cm³/mol. The van der Waals surface area contributed by atoms with Gasteiger partial charge in [-0.15, -0.1) is 0 Å². The second-order valence-electron chi connectivity index (χ2n) is 2.45. The summed E-state index contributed by atoms with van der Waals surface area (Å²) in [5.41, 5.74) is 4.84. The molecule has 0 aromatic heterocycles. The molecule has 0 aliphatic heterocycles. The van der Waals surface area contributed by atoms with Crippen molar-refractivity contribution in [1.82, 2.24) is 5.43 Å². The van der Waals surface area contributed by atoms with E-state index in [0.29, 0.717) is 0 Å². The summed E-state index contributed by atoms with van der Waals surface area (Å²) in [6.45, 7) is 7.83. The van der Waals surface area contributed by atoms with Crippen LogP contribution in [-0.2, 0) is 0 Å². The molecule has 11 heavy (non-hydrogen) atoms. The highest BCUT2D eigenvalue weighted by atomic mass is 15.3. The van der Waals surface area contributed by atoms with Gasteiger partial charge in [0, 0.05) is 25.5 Å². The molecule has 0 bridgehead atoms. The maximum Gasteiger partial charge on any atom is 0.0316 e. The minimum atomic E-state index is 1.05. The summed E-state index contributed by atoms with van der Waals surface area (Å²) in [4.78, 5) is 3.81. The summed E-state index contributed by atoms with van der Waals surface area (Å²) in [5, 5.41) is 3.79. The van der Waals surface area contributed by atoms with Gasteiger partial charge >= 0.3 is 0 Å². The summed E-state index contributed by atoms with van der Waals surface area (Å²) in [6.07, 6.45) is 0. The number of aliphatic imine (C=N–C) groups is 1. The number of hydrogen-bond donors (Lipinski definition) is 1. The Morgan fingerprint density at radius 2 is 1.36 bits per heavy atom. The smallest absolute Gasteiger partial charge is 0.0316 e. The molecular weight excluding hydrogens is 138 g/mol. The van der Waals surface area contributed by atoms with Crippen LogP contribution in [0.25, 0.3) is 0 Å². The van der Waals surface area contributed by atoms with Crippen molar-refractivity contribution in [2.45, 2.75) is 27.7 Å². The van der Waals surface area contributed by atoms with Crippen molar-refractivity contribution < 1.29 is 0 Å². The molecule has 0 radical (unpaired) electrons. The molecule has 0 unspecified atom stereocenters. The predicted octanol–water partition coefficient (Wildman–Crippen LogP) is 1.70. The fraction of sp³-hybridized carbons (Fsp3) is 0.750. The first-order valence-corrected chi connectivity index (χ1v) is 3.62. The molecule has 0 amide bonds.